The fraction of sp³-hybridized carbons (Fsp3) is 0.0909. The molecule has 4 N–H and O–H groups in total. The number of primary amides is 1. The van der Waals surface area contributed by atoms with Gasteiger partial charge in [0.25, 0.3) is 0 Å². The maximum atomic E-state index is 10.6. The monoisotopic (exact) mass is 220 g/mol. The van der Waals surface area contributed by atoms with Crippen LogP contribution >= 0.6 is 0 Å². The molecular formula is C11H12N2O3. The number of aliphatic carboxylic acids is 1. The molecule has 5 nitrogen and oxygen atoms in total. The van der Waals surface area contributed by atoms with Gasteiger partial charge in [-0.25, -0.2) is 9.59 Å². The summed E-state index contributed by atoms with van der Waals surface area (Å²) < 4.78 is 0. The van der Waals surface area contributed by atoms with Gasteiger partial charge in [0.15, 0.2) is 0 Å². The second-order valence-electron chi connectivity index (χ2n) is 3.24. The van der Waals surface area contributed by atoms with Gasteiger partial charge in [-0.3, -0.25) is 0 Å². The molecule has 0 aliphatic rings. The Labute approximate surface area is 92.6 Å². The van der Waals surface area contributed by atoms with Crippen LogP contribution in [0.4, 0.5) is 10.5 Å². The minimum absolute atomic E-state index is 0.611. The van der Waals surface area contributed by atoms with E-state index in [0.29, 0.717) is 5.69 Å². The highest BCUT2D eigenvalue weighted by Crippen LogP contribution is 2.17. The van der Waals surface area contributed by atoms with Crippen molar-refractivity contribution in [3.63, 3.8) is 0 Å². The average molecular weight is 220 g/mol. The van der Waals surface area contributed by atoms with Crippen LogP contribution in [-0.4, -0.2) is 17.1 Å². The molecule has 0 aliphatic carbocycles. The molecule has 0 saturated carbocycles. The highest BCUT2D eigenvalue weighted by Gasteiger charge is 2.00. The first-order valence-corrected chi connectivity index (χ1v) is 4.57. The van der Waals surface area contributed by atoms with Gasteiger partial charge in [-0.2, -0.15) is 0 Å². The average Bonchev–Trinajstić information content (AvgIpc) is 2.18. The number of hydrogen-bond acceptors (Lipinski definition) is 2. The minimum Gasteiger partial charge on any atom is -0.478 e. The Morgan fingerprint density at radius 2 is 2.12 bits per heavy atom. The number of carbonyl (C=O) groups is 2. The van der Waals surface area contributed by atoms with Crippen LogP contribution < -0.4 is 11.1 Å². The van der Waals surface area contributed by atoms with Gasteiger partial charge >= 0.3 is 12.0 Å². The number of aryl methyl sites for hydroxylation is 1. The van der Waals surface area contributed by atoms with Crippen molar-refractivity contribution in [3.8, 4) is 0 Å². The summed E-state index contributed by atoms with van der Waals surface area (Å²) in [6, 6.07) is 4.49. The van der Waals surface area contributed by atoms with Gasteiger partial charge in [0.2, 0.25) is 0 Å². The van der Waals surface area contributed by atoms with E-state index in [1.807, 2.05) is 0 Å². The lowest BCUT2D eigenvalue weighted by atomic mass is 10.1. The highest BCUT2D eigenvalue weighted by atomic mass is 16.4. The zero-order valence-corrected chi connectivity index (χ0v) is 8.73. The van der Waals surface area contributed by atoms with E-state index in [4.69, 9.17) is 10.8 Å². The van der Waals surface area contributed by atoms with Crippen LogP contribution in [0.3, 0.4) is 0 Å². The van der Waals surface area contributed by atoms with E-state index >= 15 is 0 Å². The minimum atomic E-state index is -1.00. The van der Waals surface area contributed by atoms with Crippen LogP contribution in [0.15, 0.2) is 24.3 Å². The summed E-state index contributed by atoms with van der Waals surface area (Å²) in [5.74, 6) is -1.00. The quantitative estimate of drug-likeness (QED) is 0.675. The molecule has 0 saturated heterocycles. The largest absolute Gasteiger partial charge is 0.478 e. The summed E-state index contributed by atoms with van der Waals surface area (Å²) in [6.45, 7) is 1.80. The highest BCUT2D eigenvalue weighted by molar-refractivity contribution is 5.89. The van der Waals surface area contributed by atoms with Gasteiger partial charge in [0.05, 0.1) is 0 Å². The molecule has 0 spiro atoms. The molecule has 1 aromatic carbocycles. The molecule has 0 radical (unpaired) electrons. The van der Waals surface area contributed by atoms with E-state index in [0.717, 1.165) is 17.2 Å². The number of carboxylic acid groups (broad SMARTS) is 1. The molecular weight excluding hydrogens is 208 g/mol. The SMILES string of the molecule is Cc1cc(C=CC(=O)O)ccc1NC(N)=O. The first-order valence-electron chi connectivity index (χ1n) is 4.57. The van der Waals surface area contributed by atoms with Gasteiger partial charge in [0, 0.05) is 11.8 Å². The first-order chi connectivity index (χ1) is 7.49. The maximum Gasteiger partial charge on any atom is 0.328 e. The number of carboxylic acids is 1. The standard InChI is InChI=1S/C11H12N2O3/c1-7-6-8(3-5-10(14)15)2-4-9(7)13-11(12)16/h2-6H,1H3,(H,14,15)(H3,12,13,16). The Hall–Kier alpha value is -2.30. The molecule has 0 bridgehead atoms. The summed E-state index contributed by atoms with van der Waals surface area (Å²) in [5, 5.41) is 10.9. The number of urea groups is 1. The number of nitrogens with one attached hydrogen (secondary N) is 1. The number of rotatable bonds is 3. The van der Waals surface area contributed by atoms with Crippen molar-refractivity contribution in [2.24, 2.45) is 5.73 Å². The van der Waals surface area contributed by atoms with Gasteiger partial charge in [0.1, 0.15) is 0 Å². The number of carbonyl (C=O) groups excluding carboxylic acids is 1. The molecule has 16 heavy (non-hydrogen) atoms. The van der Waals surface area contributed by atoms with Gasteiger partial charge in [-0.1, -0.05) is 6.07 Å². The molecule has 0 unspecified atom stereocenters. The second kappa shape index (κ2) is 4.97. The van der Waals surface area contributed by atoms with Gasteiger partial charge in [-0.15, -0.1) is 0 Å². The molecule has 1 rings (SSSR count). The molecule has 0 aliphatic heterocycles. The summed E-state index contributed by atoms with van der Waals surface area (Å²) in [7, 11) is 0. The predicted molar refractivity (Wildman–Crippen MR) is 61.1 cm³/mol. The lowest BCUT2D eigenvalue weighted by Crippen LogP contribution is -2.19. The number of nitrogens with two attached hydrogens (primary N) is 1. The number of amides is 2. The van der Waals surface area contributed by atoms with Gasteiger partial charge < -0.3 is 16.2 Å². The third kappa shape index (κ3) is 3.45. The lowest BCUT2D eigenvalue weighted by molar-refractivity contribution is -0.131. The molecule has 0 fully saturated rings. The zero-order valence-electron chi connectivity index (χ0n) is 8.73. The fourth-order valence-electron chi connectivity index (χ4n) is 1.23. The number of hydrogen-bond donors (Lipinski definition) is 3. The molecule has 84 valence electrons. The van der Waals surface area contributed by atoms with Crippen LogP contribution in [0.2, 0.25) is 0 Å². The van der Waals surface area contributed by atoms with E-state index < -0.39 is 12.0 Å². The zero-order chi connectivity index (χ0) is 12.1. The molecule has 1 aromatic rings. The summed E-state index contributed by atoms with van der Waals surface area (Å²) in [5.41, 5.74) is 7.16. The lowest BCUT2D eigenvalue weighted by Gasteiger charge is -2.06. The van der Waals surface area contributed by atoms with Crippen molar-refractivity contribution in [3.05, 3.63) is 35.4 Å². The molecule has 0 atom stereocenters. The fourth-order valence-corrected chi connectivity index (χ4v) is 1.23. The van der Waals surface area contributed by atoms with Crippen LogP contribution in [0.5, 0.6) is 0 Å². The van der Waals surface area contributed by atoms with Crippen molar-refractivity contribution in [1.29, 1.82) is 0 Å². The molecule has 5 heteroatoms. The van der Waals surface area contributed by atoms with Crippen LogP contribution in [0.1, 0.15) is 11.1 Å². The maximum absolute atomic E-state index is 10.6. The van der Waals surface area contributed by atoms with Crippen LogP contribution in [0.25, 0.3) is 6.08 Å². The molecule has 0 aromatic heterocycles. The predicted octanol–water partition coefficient (Wildman–Crippen LogP) is 1.58. The molecule has 0 heterocycles. The molecule has 2 amide bonds. The van der Waals surface area contributed by atoms with E-state index in [-0.39, 0.29) is 0 Å². The Balaban J connectivity index is 2.90. The van der Waals surface area contributed by atoms with Crippen molar-refractivity contribution >= 4 is 23.8 Å². The Morgan fingerprint density at radius 3 is 2.62 bits per heavy atom. The van der Waals surface area contributed by atoms with Crippen LogP contribution in [-0.2, 0) is 4.79 Å². The summed E-state index contributed by atoms with van der Waals surface area (Å²) in [6.07, 6.45) is 2.53. The summed E-state index contributed by atoms with van der Waals surface area (Å²) in [4.78, 5) is 20.9. The Bertz CT molecular complexity index is 453. The topological polar surface area (TPSA) is 92.4 Å². The third-order valence-electron chi connectivity index (χ3n) is 1.93. The first kappa shape index (κ1) is 11.8. The van der Waals surface area contributed by atoms with Gasteiger partial charge in [-0.05, 0) is 36.3 Å². The van der Waals surface area contributed by atoms with E-state index in [1.54, 1.807) is 25.1 Å². The summed E-state index contributed by atoms with van der Waals surface area (Å²) >= 11 is 0. The van der Waals surface area contributed by atoms with Crippen molar-refractivity contribution in [2.75, 3.05) is 5.32 Å². The smallest absolute Gasteiger partial charge is 0.328 e. The third-order valence-corrected chi connectivity index (χ3v) is 1.93. The van der Waals surface area contributed by atoms with Crippen molar-refractivity contribution in [1.82, 2.24) is 0 Å². The Morgan fingerprint density at radius 1 is 1.44 bits per heavy atom. The van der Waals surface area contributed by atoms with E-state index in [2.05, 4.69) is 5.32 Å². The van der Waals surface area contributed by atoms with E-state index in [9.17, 15) is 9.59 Å². The van der Waals surface area contributed by atoms with Crippen molar-refractivity contribution < 1.29 is 14.7 Å². The Kier molecular flexibility index (Phi) is 3.66. The second-order valence-corrected chi connectivity index (χ2v) is 3.24. The number of benzene rings is 1. The number of anilines is 1. The van der Waals surface area contributed by atoms with Crippen molar-refractivity contribution in [2.45, 2.75) is 6.92 Å². The van der Waals surface area contributed by atoms with Crippen LogP contribution in [0, 0.1) is 6.92 Å². The van der Waals surface area contributed by atoms with E-state index in [1.165, 1.54) is 6.08 Å². The normalized spacial score (nSPS) is 10.3.